The molecule has 1 rings (SSSR count). The first-order valence-corrected chi connectivity index (χ1v) is 5.83. The van der Waals surface area contributed by atoms with Crippen LogP contribution in [0.4, 0.5) is 5.69 Å². The highest BCUT2D eigenvalue weighted by atomic mass is 79.9. The van der Waals surface area contributed by atoms with Crippen LogP contribution >= 0.6 is 27.5 Å². The van der Waals surface area contributed by atoms with E-state index in [9.17, 15) is 4.79 Å². The van der Waals surface area contributed by atoms with E-state index in [-0.39, 0.29) is 12.5 Å². The van der Waals surface area contributed by atoms with E-state index in [0.717, 1.165) is 4.47 Å². The number of carbonyl (C=O) groups is 1. The van der Waals surface area contributed by atoms with Crippen molar-refractivity contribution < 1.29 is 9.53 Å². The predicted octanol–water partition coefficient (Wildman–Crippen LogP) is 2.02. The molecule has 0 aliphatic rings. The zero-order chi connectivity index (χ0) is 12.0. The third-order valence-corrected chi connectivity index (χ3v) is 2.52. The number of nitrogens with two attached hydrogens (primary N) is 1. The Hall–Kier alpha value is -0.620. The Kier molecular flexibility index (Phi) is 5.76. The molecule has 0 aliphatic heterocycles. The first kappa shape index (κ1) is 13.4. The fourth-order valence-corrected chi connectivity index (χ4v) is 1.55. The number of carbonyl (C=O) groups excluding carboxylic acids is 1. The number of benzene rings is 1. The summed E-state index contributed by atoms with van der Waals surface area (Å²) in [6.07, 6.45) is 0. The molecule has 0 aromatic heterocycles. The number of halogens is 2. The maximum absolute atomic E-state index is 11.4. The molecule has 1 aromatic carbocycles. The van der Waals surface area contributed by atoms with Crippen molar-refractivity contribution in [3.8, 4) is 0 Å². The minimum atomic E-state index is -0.256. The van der Waals surface area contributed by atoms with Crippen molar-refractivity contribution in [2.24, 2.45) is 5.73 Å². The Morgan fingerprint density at radius 1 is 1.56 bits per heavy atom. The quantitative estimate of drug-likeness (QED) is 0.818. The number of ether oxygens (including phenoxy) is 1. The van der Waals surface area contributed by atoms with Crippen LogP contribution in [0.25, 0.3) is 0 Å². The summed E-state index contributed by atoms with van der Waals surface area (Å²) in [6, 6.07) is 5.22. The van der Waals surface area contributed by atoms with Gasteiger partial charge in [-0.3, -0.25) is 4.79 Å². The predicted molar refractivity (Wildman–Crippen MR) is 67.7 cm³/mol. The Balaban J connectivity index is 2.52. The number of amides is 1. The van der Waals surface area contributed by atoms with Gasteiger partial charge in [-0.05, 0) is 18.2 Å². The van der Waals surface area contributed by atoms with Crippen molar-refractivity contribution >= 4 is 39.1 Å². The van der Waals surface area contributed by atoms with Gasteiger partial charge in [-0.15, -0.1) is 0 Å². The van der Waals surface area contributed by atoms with E-state index in [4.69, 9.17) is 22.1 Å². The van der Waals surface area contributed by atoms with Crippen molar-refractivity contribution in [1.29, 1.82) is 0 Å². The fraction of sp³-hybridized carbons (Fsp3) is 0.300. The zero-order valence-corrected chi connectivity index (χ0v) is 10.8. The standard InChI is InChI=1S/C10H12BrClN2O2/c11-7-1-2-8(12)9(5-7)14-10(15)6-16-4-3-13/h1-2,5H,3-4,6,13H2,(H,14,15). The van der Waals surface area contributed by atoms with Crippen LogP contribution in [0.1, 0.15) is 0 Å². The molecule has 0 aliphatic carbocycles. The van der Waals surface area contributed by atoms with Crippen LogP contribution in [0.2, 0.25) is 5.02 Å². The molecule has 3 N–H and O–H groups in total. The average Bonchev–Trinajstić information content (AvgIpc) is 2.24. The molecule has 1 amide bonds. The second kappa shape index (κ2) is 6.85. The Morgan fingerprint density at radius 3 is 3.00 bits per heavy atom. The van der Waals surface area contributed by atoms with Crippen LogP contribution in [0.15, 0.2) is 22.7 Å². The molecule has 16 heavy (non-hydrogen) atoms. The van der Waals surface area contributed by atoms with Crippen LogP contribution in [0.5, 0.6) is 0 Å². The van der Waals surface area contributed by atoms with Crippen molar-refractivity contribution in [1.82, 2.24) is 0 Å². The van der Waals surface area contributed by atoms with Crippen molar-refractivity contribution in [2.75, 3.05) is 25.1 Å². The number of hydrogen-bond donors (Lipinski definition) is 2. The highest BCUT2D eigenvalue weighted by Gasteiger charge is 2.06. The van der Waals surface area contributed by atoms with E-state index >= 15 is 0 Å². The van der Waals surface area contributed by atoms with Crippen LogP contribution in [-0.4, -0.2) is 25.7 Å². The van der Waals surface area contributed by atoms with E-state index in [0.29, 0.717) is 23.9 Å². The average molecular weight is 308 g/mol. The highest BCUT2D eigenvalue weighted by molar-refractivity contribution is 9.10. The largest absolute Gasteiger partial charge is 0.370 e. The summed E-state index contributed by atoms with van der Waals surface area (Å²) in [5, 5.41) is 3.13. The van der Waals surface area contributed by atoms with Gasteiger partial charge in [0.05, 0.1) is 17.3 Å². The first-order chi connectivity index (χ1) is 7.63. The molecule has 0 unspecified atom stereocenters. The van der Waals surface area contributed by atoms with E-state index in [1.54, 1.807) is 18.2 Å². The number of anilines is 1. The van der Waals surface area contributed by atoms with Gasteiger partial charge in [0.2, 0.25) is 5.91 Å². The molecule has 0 saturated carbocycles. The molecule has 0 spiro atoms. The van der Waals surface area contributed by atoms with Crippen LogP contribution in [0, 0.1) is 0 Å². The maximum Gasteiger partial charge on any atom is 0.250 e. The van der Waals surface area contributed by atoms with E-state index in [1.807, 2.05) is 0 Å². The molecule has 1 aromatic rings. The fourth-order valence-electron chi connectivity index (χ4n) is 1.03. The van der Waals surface area contributed by atoms with Gasteiger partial charge in [-0.1, -0.05) is 27.5 Å². The summed E-state index contributed by atoms with van der Waals surface area (Å²) >= 11 is 9.20. The van der Waals surface area contributed by atoms with Gasteiger partial charge in [0.1, 0.15) is 6.61 Å². The normalized spacial score (nSPS) is 10.2. The monoisotopic (exact) mass is 306 g/mol. The number of hydrogen-bond acceptors (Lipinski definition) is 3. The third kappa shape index (κ3) is 4.49. The molecule has 0 fully saturated rings. The topological polar surface area (TPSA) is 64.3 Å². The molecule has 0 radical (unpaired) electrons. The third-order valence-electron chi connectivity index (χ3n) is 1.70. The molecule has 0 bridgehead atoms. The lowest BCUT2D eigenvalue weighted by Crippen LogP contribution is -2.20. The summed E-state index contributed by atoms with van der Waals surface area (Å²) in [4.78, 5) is 11.4. The molecular formula is C10H12BrClN2O2. The summed E-state index contributed by atoms with van der Waals surface area (Å²) in [5.74, 6) is -0.256. The summed E-state index contributed by atoms with van der Waals surface area (Å²) in [6.45, 7) is 0.727. The van der Waals surface area contributed by atoms with Gasteiger partial charge < -0.3 is 15.8 Å². The molecule has 6 heteroatoms. The van der Waals surface area contributed by atoms with Crippen molar-refractivity contribution in [2.45, 2.75) is 0 Å². The lowest BCUT2D eigenvalue weighted by atomic mass is 10.3. The number of nitrogens with one attached hydrogen (secondary N) is 1. The highest BCUT2D eigenvalue weighted by Crippen LogP contribution is 2.25. The minimum Gasteiger partial charge on any atom is -0.370 e. The smallest absolute Gasteiger partial charge is 0.250 e. The summed E-state index contributed by atoms with van der Waals surface area (Å²) in [7, 11) is 0. The number of rotatable bonds is 5. The Bertz CT molecular complexity index is 374. The van der Waals surface area contributed by atoms with Crippen LogP contribution < -0.4 is 11.1 Å². The maximum atomic E-state index is 11.4. The minimum absolute atomic E-state index is 0.0277. The molecule has 0 atom stereocenters. The van der Waals surface area contributed by atoms with Gasteiger partial charge in [-0.2, -0.15) is 0 Å². The molecule has 88 valence electrons. The Morgan fingerprint density at radius 2 is 2.31 bits per heavy atom. The van der Waals surface area contributed by atoms with Crippen LogP contribution in [0.3, 0.4) is 0 Å². The van der Waals surface area contributed by atoms with Crippen molar-refractivity contribution in [3.63, 3.8) is 0 Å². The second-order valence-electron chi connectivity index (χ2n) is 3.01. The summed E-state index contributed by atoms with van der Waals surface area (Å²) < 4.78 is 5.84. The summed E-state index contributed by atoms with van der Waals surface area (Å²) in [5.41, 5.74) is 5.78. The van der Waals surface area contributed by atoms with Gasteiger partial charge in [-0.25, -0.2) is 0 Å². The van der Waals surface area contributed by atoms with Gasteiger partial charge >= 0.3 is 0 Å². The van der Waals surface area contributed by atoms with E-state index in [1.165, 1.54) is 0 Å². The first-order valence-electron chi connectivity index (χ1n) is 4.66. The molecular weight excluding hydrogens is 295 g/mol. The molecule has 0 heterocycles. The zero-order valence-electron chi connectivity index (χ0n) is 8.50. The van der Waals surface area contributed by atoms with Crippen LogP contribution in [-0.2, 0) is 9.53 Å². The second-order valence-corrected chi connectivity index (χ2v) is 4.34. The lowest BCUT2D eigenvalue weighted by Gasteiger charge is -2.07. The van der Waals surface area contributed by atoms with Gasteiger partial charge in [0.25, 0.3) is 0 Å². The van der Waals surface area contributed by atoms with E-state index in [2.05, 4.69) is 21.2 Å². The van der Waals surface area contributed by atoms with Crippen molar-refractivity contribution in [3.05, 3.63) is 27.7 Å². The molecule has 0 saturated heterocycles. The van der Waals surface area contributed by atoms with E-state index < -0.39 is 0 Å². The SMILES string of the molecule is NCCOCC(=O)Nc1cc(Br)ccc1Cl. The van der Waals surface area contributed by atoms with Gasteiger partial charge in [0.15, 0.2) is 0 Å². The van der Waals surface area contributed by atoms with Gasteiger partial charge in [0, 0.05) is 11.0 Å². The Labute approximate surface area is 107 Å². The molecule has 4 nitrogen and oxygen atoms in total. The lowest BCUT2D eigenvalue weighted by molar-refractivity contribution is -0.120.